The molecule has 0 saturated carbocycles. The van der Waals surface area contributed by atoms with E-state index in [1.807, 2.05) is 26.0 Å². The van der Waals surface area contributed by atoms with Crippen LogP contribution in [0.3, 0.4) is 0 Å². The SMILES string of the molecule is CCCC(CNC(=O)NC(C)CCc1ccco1)C(=O)O. The number of carboxylic acids is 1. The molecule has 6 nitrogen and oxygen atoms in total. The van der Waals surface area contributed by atoms with Crippen LogP contribution < -0.4 is 10.6 Å². The highest BCUT2D eigenvalue weighted by Gasteiger charge is 2.17. The van der Waals surface area contributed by atoms with Crippen LogP contribution in [0.15, 0.2) is 22.8 Å². The van der Waals surface area contributed by atoms with E-state index in [4.69, 9.17) is 9.52 Å². The Morgan fingerprint density at radius 1 is 1.38 bits per heavy atom. The molecule has 0 aliphatic rings. The van der Waals surface area contributed by atoms with Crippen molar-refractivity contribution < 1.29 is 19.1 Å². The van der Waals surface area contributed by atoms with E-state index in [-0.39, 0.29) is 18.6 Å². The number of carboxylic acid groups (broad SMARTS) is 1. The summed E-state index contributed by atoms with van der Waals surface area (Å²) in [5.74, 6) is -0.514. The minimum Gasteiger partial charge on any atom is -0.481 e. The summed E-state index contributed by atoms with van der Waals surface area (Å²) in [6.07, 6.45) is 4.48. The first-order valence-electron chi connectivity index (χ1n) is 7.32. The number of furan rings is 1. The first kappa shape index (κ1) is 17.1. The van der Waals surface area contributed by atoms with Crippen molar-refractivity contribution in [3.63, 3.8) is 0 Å². The van der Waals surface area contributed by atoms with Gasteiger partial charge in [0.1, 0.15) is 5.76 Å². The number of carbonyl (C=O) groups is 2. The maximum atomic E-state index is 11.7. The topological polar surface area (TPSA) is 91.6 Å². The molecule has 21 heavy (non-hydrogen) atoms. The minimum absolute atomic E-state index is 0.00967. The van der Waals surface area contributed by atoms with Gasteiger partial charge in [0.15, 0.2) is 0 Å². The Morgan fingerprint density at radius 2 is 2.14 bits per heavy atom. The van der Waals surface area contributed by atoms with Gasteiger partial charge in [-0.1, -0.05) is 13.3 Å². The van der Waals surface area contributed by atoms with Crippen molar-refractivity contribution in [2.75, 3.05) is 6.54 Å². The zero-order valence-electron chi connectivity index (χ0n) is 12.6. The highest BCUT2D eigenvalue weighted by molar-refractivity contribution is 5.76. The quantitative estimate of drug-likeness (QED) is 0.652. The van der Waals surface area contributed by atoms with Crippen molar-refractivity contribution in [3.05, 3.63) is 24.2 Å². The Balaban J connectivity index is 2.24. The second-order valence-corrected chi connectivity index (χ2v) is 5.20. The third kappa shape index (κ3) is 6.83. The molecule has 2 atom stereocenters. The number of aliphatic carboxylic acids is 1. The van der Waals surface area contributed by atoms with Gasteiger partial charge in [-0.15, -0.1) is 0 Å². The number of hydrogen-bond donors (Lipinski definition) is 3. The molecule has 3 N–H and O–H groups in total. The molecule has 6 heteroatoms. The molecule has 1 heterocycles. The lowest BCUT2D eigenvalue weighted by molar-refractivity contribution is -0.141. The summed E-state index contributed by atoms with van der Waals surface area (Å²) in [6, 6.07) is 3.39. The van der Waals surface area contributed by atoms with E-state index in [0.29, 0.717) is 6.42 Å². The van der Waals surface area contributed by atoms with Gasteiger partial charge >= 0.3 is 12.0 Å². The Bertz CT molecular complexity index is 431. The molecule has 118 valence electrons. The van der Waals surface area contributed by atoms with Crippen molar-refractivity contribution in [3.8, 4) is 0 Å². The lowest BCUT2D eigenvalue weighted by atomic mass is 10.0. The normalized spacial score (nSPS) is 13.4. The van der Waals surface area contributed by atoms with Gasteiger partial charge in [0.25, 0.3) is 0 Å². The first-order valence-corrected chi connectivity index (χ1v) is 7.32. The molecule has 1 aromatic heterocycles. The first-order chi connectivity index (χ1) is 10.0. The fourth-order valence-electron chi connectivity index (χ4n) is 2.04. The summed E-state index contributed by atoms with van der Waals surface area (Å²) in [5, 5.41) is 14.4. The van der Waals surface area contributed by atoms with Gasteiger partial charge in [0, 0.05) is 19.0 Å². The maximum absolute atomic E-state index is 11.7. The molecule has 0 spiro atoms. The van der Waals surface area contributed by atoms with E-state index in [1.54, 1.807) is 6.26 Å². The van der Waals surface area contributed by atoms with Gasteiger partial charge < -0.3 is 20.2 Å². The highest BCUT2D eigenvalue weighted by atomic mass is 16.4. The summed E-state index contributed by atoms with van der Waals surface area (Å²) >= 11 is 0. The molecule has 1 rings (SSSR count). The smallest absolute Gasteiger partial charge is 0.315 e. The molecular weight excluding hydrogens is 272 g/mol. The molecule has 0 aliphatic heterocycles. The monoisotopic (exact) mass is 296 g/mol. The summed E-state index contributed by atoms with van der Waals surface area (Å²) in [5.41, 5.74) is 0. The van der Waals surface area contributed by atoms with Crippen molar-refractivity contribution >= 4 is 12.0 Å². The summed E-state index contributed by atoms with van der Waals surface area (Å²) in [4.78, 5) is 22.7. The summed E-state index contributed by atoms with van der Waals surface area (Å²) in [6.45, 7) is 3.98. The molecule has 1 aromatic rings. The Labute approximate surface area is 124 Å². The largest absolute Gasteiger partial charge is 0.481 e. The maximum Gasteiger partial charge on any atom is 0.315 e. The van der Waals surface area contributed by atoms with E-state index in [1.165, 1.54) is 0 Å². The summed E-state index contributed by atoms with van der Waals surface area (Å²) < 4.78 is 5.23. The van der Waals surface area contributed by atoms with Crippen LogP contribution in [-0.4, -0.2) is 29.7 Å². The van der Waals surface area contributed by atoms with Crippen LogP contribution in [0.4, 0.5) is 4.79 Å². The fraction of sp³-hybridized carbons (Fsp3) is 0.600. The molecule has 0 fully saturated rings. The zero-order chi connectivity index (χ0) is 15.7. The van der Waals surface area contributed by atoms with E-state index in [2.05, 4.69) is 10.6 Å². The number of urea groups is 1. The average Bonchev–Trinajstić information content (AvgIpc) is 2.94. The van der Waals surface area contributed by atoms with Gasteiger partial charge in [-0.2, -0.15) is 0 Å². The Morgan fingerprint density at radius 3 is 2.71 bits per heavy atom. The fourth-order valence-corrected chi connectivity index (χ4v) is 2.04. The standard InChI is InChI=1S/C15H24N2O4/c1-3-5-12(14(18)19)10-16-15(20)17-11(2)7-8-13-6-4-9-21-13/h4,6,9,11-12H,3,5,7-8,10H2,1-2H3,(H,18,19)(H2,16,17,20). The van der Waals surface area contributed by atoms with Gasteiger partial charge in [0.05, 0.1) is 12.2 Å². The minimum atomic E-state index is -0.872. The predicted molar refractivity (Wildman–Crippen MR) is 79.1 cm³/mol. The van der Waals surface area contributed by atoms with Crippen LogP contribution in [0.25, 0.3) is 0 Å². The Kier molecular flexibility index (Phi) is 7.36. The molecule has 2 amide bonds. The lowest BCUT2D eigenvalue weighted by Gasteiger charge is -2.16. The summed E-state index contributed by atoms with van der Waals surface area (Å²) in [7, 11) is 0. The second kappa shape index (κ2) is 9.05. The zero-order valence-corrected chi connectivity index (χ0v) is 12.6. The Hall–Kier alpha value is -1.98. The van der Waals surface area contributed by atoms with E-state index >= 15 is 0 Å². The molecular formula is C15H24N2O4. The number of amides is 2. The molecule has 2 unspecified atom stereocenters. The van der Waals surface area contributed by atoms with Crippen molar-refractivity contribution in [2.24, 2.45) is 5.92 Å². The van der Waals surface area contributed by atoms with E-state index in [0.717, 1.165) is 25.0 Å². The number of carbonyl (C=O) groups excluding carboxylic acids is 1. The van der Waals surface area contributed by atoms with Crippen LogP contribution in [0.5, 0.6) is 0 Å². The molecule has 0 saturated heterocycles. The highest BCUT2D eigenvalue weighted by Crippen LogP contribution is 2.06. The molecule has 0 aromatic carbocycles. The number of aryl methyl sites for hydroxylation is 1. The van der Waals surface area contributed by atoms with Crippen molar-refractivity contribution in [1.82, 2.24) is 10.6 Å². The molecule has 0 bridgehead atoms. The third-order valence-corrected chi connectivity index (χ3v) is 3.28. The van der Waals surface area contributed by atoms with Gasteiger partial charge in [0.2, 0.25) is 0 Å². The van der Waals surface area contributed by atoms with Crippen LogP contribution in [0, 0.1) is 5.92 Å². The predicted octanol–water partition coefficient (Wildman–Crippen LogP) is 2.40. The number of nitrogens with one attached hydrogen (secondary N) is 2. The third-order valence-electron chi connectivity index (χ3n) is 3.28. The van der Waals surface area contributed by atoms with Crippen LogP contribution in [-0.2, 0) is 11.2 Å². The van der Waals surface area contributed by atoms with Crippen molar-refractivity contribution in [2.45, 2.75) is 45.6 Å². The van der Waals surface area contributed by atoms with Crippen molar-refractivity contribution in [1.29, 1.82) is 0 Å². The van der Waals surface area contributed by atoms with E-state index < -0.39 is 11.9 Å². The molecule has 0 radical (unpaired) electrons. The van der Waals surface area contributed by atoms with Gasteiger partial charge in [-0.05, 0) is 31.9 Å². The number of hydrogen-bond acceptors (Lipinski definition) is 3. The second-order valence-electron chi connectivity index (χ2n) is 5.20. The van der Waals surface area contributed by atoms with Crippen LogP contribution in [0.2, 0.25) is 0 Å². The van der Waals surface area contributed by atoms with Crippen LogP contribution >= 0.6 is 0 Å². The average molecular weight is 296 g/mol. The van der Waals surface area contributed by atoms with Gasteiger partial charge in [-0.25, -0.2) is 4.79 Å². The van der Waals surface area contributed by atoms with E-state index in [9.17, 15) is 9.59 Å². The van der Waals surface area contributed by atoms with Gasteiger partial charge in [-0.3, -0.25) is 4.79 Å². The van der Waals surface area contributed by atoms with Crippen LogP contribution in [0.1, 0.15) is 38.9 Å². The molecule has 0 aliphatic carbocycles. The lowest BCUT2D eigenvalue weighted by Crippen LogP contribution is -2.43. The number of rotatable bonds is 9.